The summed E-state index contributed by atoms with van der Waals surface area (Å²) in [5.41, 5.74) is 1.40. The number of thioether (sulfide) groups is 1. The maximum absolute atomic E-state index is 4.32. The van der Waals surface area contributed by atoms with Gasteiger partial charge >= 0.3 is 0 Å². The first-order chi connectivity index (χ1) is 11.3. The number of likely N-dealkylation sites (tertiary alicyclic amines) is 1. The quantitative estimate of drug-likeness (QED) is 0.283. The molecule has 24 heavy (non-hydrogen) atoms. The van der Waals surface area contributed by atoms with Crippen molar-refractivity contribution in [1.82, 2.24) is 15.5 Å². The largest absolute Gasteiger partial charge is 0.356 e. The number of hydrogen-bond acceptors (Lipinski definition) is 3. The van der Waals surface area contributed by atoms with Crippen LogP contribution in [0.4, 0.5) is 0 Å². The van der Waals surface area contributed by atoms with Crippen LogP contribution in [0.15, 0.2) is 35.3 Å². The van der Waals surface area contributed by atoms with E-state index in [4.69, 9.17) is 0 Å². The Labute approximate surface area is 168 Å². The van der Waals surface area contributed by atoms with Gasteiger partial charge in [-0.3, -0.25) is 9.89 Å². The fraction of sp³-hybridized carbons (Fsp3) is 0.611. The second-order valence-electron chi connectivity index (χ2n) is 5.98. The molecule has 1 unspecified atom stereocenters. The molecule has 0 bridgehead atoms. The Balaban J connectivity index is 0.00000288. The molecule has 6 heteroatoms. The summed E-state index contributed by atoms with van der Waals surface area (Å²) in [7, 11) is 1.84. The highest BCUT2D eigenvalue weighted by Crippen LogP contribution is 2.19. The lowest BCUT2D eigenvalue weighted by Gasteiger charge is -2.36. The van der Waals surface area contributed by atoms with Crippen LogP contribution < -0.4 is 10.6 Å². The Morgan fingerprint density at radius 1 is 1.25 bits per heavy atom. The molecule has 1 heterocycles. The third-order valence-corrected chi connectivity index (χ3v) is 4.92. The zero-order chi connectivity index (χ0) is 16.3. The Bertz CT molecular complexity index is 469. The first-order valence-electron chi connectivity index (χ1n) is 8.55. The Hall–Kier alpha value is -0.470. The summed E-state index contributed by atoms with van der Waals surface area (Å²) in [5, 5.41) is 6.88. The molecule has 136 valence electrons. The van der Waals surface area contributed by atoms with Crippen molar-refractivity contribution in [3.63, 3.8) is 0 Å². The molecule has 1 atom stereocenters. The van der Waals surface area contributed by atoms with E-state index >= 15 is 0 Å². The van der Waals surface area contributed by atoms with Crippen molar-refractivity contribution < 1.29 is 0 Å². The van der Waals surface area contributed by atoms with Crippen LogP contribution in [0.2, 0.25) is 0 Å². The minimum absolute atomic E-state index is 0. The zero-order valence-corrected chi connectivity index (χ0v) is 18.0. The number of rotatable bonds is 7. The topological polar surface area (TPSA) is 39.7 Å². The van der Waals surface area contributed by atoms with Gasteiger partial charge < -0.3 is 10.6 Å². The summed E-state index contributed by atoms with van der Waals surface area (Å²) in [5.74, 6) is 2.02. The summed E-state index contributed by atoms with van der Waals surface area (Å²) in [6.07, 6.45) is 6.03. The van der Waals surface area contributed by atoms with Crippen LogP contribution in [0, 0.1) is 0 Å². The first-order valence-corrected chi connectivity index (χ1v) is 9.94. The van der Waals surface area contributed by atoms with Crippen molar-refractivity contribution in [2.75, 3.05) is 38.7 Å². The second-order valence-corrected chi connectivity index (χ2v) is 6.96. The monoisotopic (exact) mass is 462 g/mol. The molecular weight excluding hydrogens is 431 g/mol. The molecule has 0 spiro atoms. The normalized spacial score (nSPS) is 18.8. The summed E-state index contributed by atoms with van der Waals surface area (Å²) in [4.78, 5) is 6.93. The summed E-state index contributed by atoms with van der Waals surface area (Å²) >= 11 is 1.85. The first kappa shape index (κ1) is 21.6. The summed E-state index contributed by atoms with van der Waals surface area (Å²) < 4.78 is 0. The average molecular weight is 462 g/mol. The van der Waals surface area contributed by atoms with E-state index in [1.165, 1.54) is 31.4 Å². The van der Waals surface area contributed by atoms with Gasteiger partial charge in [0.25, 0.3) is 0 Å². The minimum atomic E-state index is 0. The molecule has 1 aromatic carbocycles. The zero-order valence-electron chi connectivity index (χ0n) is 14.8. The van der Waals surface area contributed by atoms with Crippen LogP contribution in [0.5, 0.6) is 0 Å². The molecule has 4 nitrogen and oxygen atoms in total. The third kappa shape index (κ3) is 7.61. The van der Waals surface area contributed by atoms with Gasteiger partial charge in [0, 0.05) is 38.5 Å². The van der Waals surface area contributed by atoms with Crippen molar-refractivity contribution in [3.8, 4) is 0 Å². The summed E-state index contributed by atoms with van der Waals surface area (Å²) in [6.45, 7) is 4.16. The summed E-state index contributed by atoms with van der Waals surface area (Å²) in [6, 6.07) is 11.4. The van der Waals surface area contributed by atoms with Gasteiger partial charge in [-0.1, -0.05) is 36.8 Å². The number of hydrogen-bond donors (Lipinski definition) is 2. The lowest BCUT2D eigenvalue weighted by atomic mass is 10.0. The lowest BCUT2D eigenvalue weighted by molar-refractivity contribution is 0.141. The van der Waals surface area contributed by atoms with Crippen LogP contribution in [0.25, 0.3) is 0 Å². The minimum Gasteiger partial charge on any atom is -0.356 e. The van der Waals surface area contributed by atoms with Crippen molar-refractivity contribution in [2.24, 2.45) is 4.99 Å². The number of aliphatic imine (C=N–C) groups is 1. The van der Waals surface area contributed by atoms with Crippen molar-refractivity contribution >= 4 is 41.7 Å². The number of halogens is 1. The van der Waals surface area contributed by atoms with Gasteiger partial charge in [-0.25, -0.2) is 0 Å². The highest BCUT2D eigenvalue weighted by molar-refractivity contribution is 14.0. The molecule has 1 aliphatic heterocycles. The molecule has 1 aliphatic rings. The average Bonchev–Trinajstić information content (AvgIpc) is 2.60. The van der Waals surface area contributed by atoms with Gasteiger partial charge in [-0.15, -0.1) is 24.0 Å². The van der Waals surface area contributed by atoms with Crippen LogP contribution in [0.3, 0.4) is 0 Å². The molecule has 0 amide bonds. The van der Waals surface area contributed by atoms with E-state index < -0.39 is 0 Å². The number of benzene rings is 1. The highest BCUT2D eigenvalue weighted by atomic mass is 127. The third-order valence-electron chi connectivity index (χ3n) is 4.30. The fourth-order valence-corrected chi connectivity index (χ4v) is 3.33. The molecule has 2 rings (SSSR count). The Morgan fingerprint density at radius 3 is 2.75 bits per heavy atom. The molecule has 1 saturated heterocycles. The molecule has 0 saturated carbocycles. The van der Waals surface area contributed by atoms with Gasteiger partial charge in [0.1, 0.15) is 0 Å². The van der Waals surface area contributed by atoms with Gasteiger partial charge in [-0.2, -0.15) is 11.8 Å². The van der Waals surface area contributed by atoms with Crippen molar-refractivity contribution in [2.45, 2.75) is 31.8 Å². The van der Waals surface area contributed by atoms with Gasteiger partial charge in [0.05, 0.1) is 0 Å². The van der Waals surface area contributed by atoms with Crippen LogP contribution in [-0.4, -0.2) is 55.6 Å². The van der Waals surface area contributed by atoms with Gasteiger partial charge in [-0.05, 0) is 31.2 Å². The predicted octanol–water partition coefficient (Wildman–Crippen LogP) is 3.19. The smallest absolute Gasteiger partial charge is 0.191 e. The van der Waals surface area contributed by atoms with Gasteiger partial charge in [0.2, 0.25) is 0 Å². The lowest BCUT2D eigenvalue weighted by Crippen LogP contribution is -2.49. The Morgan fingerprint density at radius 2 is 2.04 bits per heavy atom. The van der Waals surface area contributed by atoms with Crippen LogP contribution in [0.1, 0.15) is 24.8 Å². The molecule has 2 N–H and O–H groups in total. The van der Waals surface area contributed by atoms with Crippen molar-refractivity contribution in [3.05, 3.63) is 35.9 Å². The standard InChI is InChI=1S/C18H30N4S.HI/c1-19-18(20-11-13-23-2)21-14-17-10-6-7-12-22(17)15-16-8-4-3-5-9-16;/h3-5,8-9,17H,6-7,10-15H2,1-2H3,(H2,19,20,21);1H. The second kappa shape index (κ2) is 12.8. The van der Waals surface area contributed by atoms with E-state index in [1.54, 1.807) is 0 Å². The molecule has 0 aliphatic carbocycles. The maximum atomic E-state index is 4.32. The van der Waals surface area contributed by atoms with E-state index in [2.05, 4.69) is 57.1 Å². The molecule has 0 radical (unpaired) electrons. The number of piperidine rings is 1. The SMILES string of the molecule is CN=C(NCCSC)NCC1CCCCN1Cc1ccccc1.I. The van der Waals surface area contributed by atoms with Crippen molar-refractivity contribution in [1.29, 1.82) is 0 Å². The van der Waals surface area contributed by atoms with Crippen LogP contribution in [-0.2, 0) is 6.54 Å². The molecular formula is C18H31IN4S. The number of nitrogens with zero attached hydrogens (tertiary/aromatic N) is 2. The molecule has 1 aromatic rings. The number of guanidine groups is 1. The van der Waals surface area contributed by atoms with E-state index in [9.17, 15) is 0 Å². The predicted molar refractivity (Wildman–Crippen MR) is 118 cm³/mol. The van der Waals surface area contributed by atoms with Gasteiger partial charge in [0.15, 0.2) is 5.96 Å². The van der Waals surface area contributed by atoms with E-state index in [0.29, 0.717) is 6.04 Å². The maximum Gasteiger partial charge on any atom is 0.191 e. The van der Waals surface area contributed by atoms with E-state index in [1.807, 2.05) is 18.8 Å². The van der Waals surface area contributed by atoms with E-state index in [0.717, 1.165) is 31.3 Å². The number of nitrogens with one attached hydrogen (secondary N) is 2. The fourth-order valence-electron chi connectivity index (χ4n) is 3.02. The van der Waals surface area contributed by atoms with E-state index in [-0.39, 0.29) is 24.0 Å². The highest BCUT2D eigenvalue weighted by Gasteiger charge is 2.22. The molecule has 0 aromatic heterocycles. The molecule has 1 fully saturated rings. The Kier molecular flexibility index (Phi) is 11.5. The van der Waals surface area contributed by atoms with Crippen LogP contribution >= 0.6 is 35.7 Å².